The number of carbonyl (C=O) groups is 5. The molecule has 1 aliphatic heterocycles. The van der Waals surface area contributed by atoms with E-state index >= 15 is 0 Å². The second-order valence-corrected chi connectivity index (χ2v) is 12.1. The fourth-order valence-corrected chi connectivity index (χ4v) is 4.75. The SMILES string of the molecule is C/C=C/CCCCC(=O)Nc1ccccc1NC(=O)C(=O)CNC(=O)[C@H]1CN(C(=O)OC(C)(C)C)CCN1c1ccc(Cl)cc1. The van der Waals surface area contributed by atoms with Gasteiger partial charge in [0.05, 0.1) is 24.5 Å². The van der Waals surface area contributed by atoms with E-state index in [1.165, 1.54) is 4.90 Å². The molecule has 3 rings (SSSR count). The number of hydrogen-bond donors (Lipinski definition) is 3. The minimum Gasteiger partial charge on any atom is -0.444 e. The van der Waals surface area contributed by atoms with Gasteiger partial charge in [-0.15, -0.1) is 0 Å². The van der Waals surface area contributed by atoms with Gasteiger partial charge in [0, 0.05) is 30.2 Å². The fourth-order valence-electron chi connectivity index (χ4n) is 4.63. The lowest BCUT2D eigenvalue weighted by molar-refractivity contribution is -0.135. The molecular weight excluding hydrogens is 598 g/mol. The summed E-state index contributed by atoms with van der Waals surface area (Å²) in [6.45, 7) is 7.31. The molecule has 1 atom stereocenters. The monoisotopic (exact) mass is 639 g/mol. The molecule has 11 nitrogen and oxygen atoms in total. The first-order valence-electron chi connectivity index (χ1n) is 15.0. The minimum atomic E-state index is -0.947. The summed E-state index contributed by atoms with van der Waals surface area (Å²) in [4.78, 5) is 67.4. The average Bonchev–Trinajstić information content (AvgIpc) is 2.99. The smallest absolute Gasteiger partial charge is 0.410 e. The van der Waals surface area contributed by atoms with Gasteiger partial charge in [-0.2, -0.15) is 0 Å². The van der Waals surface area contributed by atoms with Gasteiger partial charge >= 0.3 is 6.09 Å². The van der Waals surface area contributed by atoms with E-state index in [1.807, 2.05) is 24.0 Å². The van der Waals surface area contributed by atoms with Crippen LogP contribution in [0.2, 0.25) is 5.02 Å². The molecule has 3 N–H and O–H groups in total. The number of anilines is 3. The van der Waals surface area contributed by atoms with Crippen molar-refractivity contribution in [2.45, 2.75) is 65.0 Å². The van der Waals surface area contributed by atoms with Crippen molar-refractivity contribution in [1.82, 2.24) is 10.2 Å². The highest BCUT2D eigenvalue weighted by atomic mass is 35.5. The van der Waals surface area contributed by atoms with Gasteiger partial charge in [0.2, 0.25) is 17.6 Å². The van der Waals surface area contributed by atoms with Crippen LogP contribution in [-0.4, -0.2) is 72.3 Å². The molecule has 12 heteroatoms. The Hall–Kier alpha value is -4.38. The topological polar surface area (TPSA) is 137 Å². The van der Waals surface area contributed by atoms with E-state index in [0.717, 1.165) is 19.3 Å². The Morgan fingerprint density at radius 2 is 1.62 bits per heavy atom. The fraction of sp³-hybridized carbons (Fsp3) is 0.424. The first-order chi connectivity index (χ1) is 21.4. The number of piperazine rings is 1. The standard InChI is InChI=1S/C33H42ClN5O6/c1-5-6-7-8-9-14-29(41)36-25-12-10-11-13-26(25)37-31(43)28(40)21-35-30(42)27-22-38(32(44)45-33(2,3)4)19-20-39(27)24-17-15-23(34)16-18-24/h5-6,10-13,15-18,27H,7-9,14,19-22H2,1-4H3,(H,35,42)(H,36,41)(H,37,43)/b6-5+/t27-/m1/s1. The molecule has 0 aromatic heterocycles. The number of halogens is 1. The third-order valence-electron chi connectivity index (χ3n) is 6.88. The number of benzene rings is 2. The number of para-hydroxylation sites is 2. The van der Waals surface area contributed by atoms with Crippen LogP contribution in [0.25, 0.3) is 0 Å². The average molecular weight is 640 g/mol. The molecule has 0 unspecified atom stereocenters. The quantitative estimate of drug-likeness (QED) is 0.166. The van der Waals surface area contributed by atoms with Crippen molar-refractivity contribution < 1.29 is 28.7 Å². The van der Waals surface area contributed by atoms with Crippen LogP contribution < -0.4 is 20.9 Å². The molecule has 0 radical (unpaired) electrons. The maximum Gasteiger partial charge on any atom is 0.410 e. The van der Waals surface area contributed by atoms with Crippen LogP contribution in [-0.2, 0) is 23.9 Å². The lowest BCUT2D eigenvalue weighted by Gasteiger charge is -2.42. The van der Waals surface area contributed by atoms with Gasteiger partial charge in [-0.25, -0.2) is 4.79 Å². The molecule has 0 spiro atoms. The maximum atomic E-state index is 13.4. The minimum absolute atomic E-state index is 0.00609. The Kier molecular flexibility index (Phi) is 13.0. The molecule has 0 saturated carbocycles. The van der Waals surface area contributed by atoms with E-state index in [2.05, 4.69) is 16.0 Å². The Morgan fingerprint density at radius 1 is 0.956 bits per heavy atom. The van der Waals surface area contributed by atoms with Gasteiger partial charge in [-0.3, -0.25) is 19.2 Å². The molecular formula is C33H42ClN5O6. The van der Waals surface area contributed by atoms with Crippen LogP contribution in [0.15, 0.2) is 60.7 Å². The van der Waals surface area contributed by atoms with Gasteiger partial charge in [0.25, 0.3) is 5.91 Å². The predicted octanol–water partition coefficient (Wildman–Crippen LogP) is 5.16. The summed E-state index contributed by atoms with van der Waals surface area (Å²) in [6.07, 6.45) is 6.29. The number of amides is 4. The molecule has 1 aliphatic rings. The van der Waals surface area contributed by atoms with Gasteiger partial charge in [-0.05, 0) is 83.4 Å². The summed E-state index contributed by atoms with van der Waals surface area (Å²) >= 11 is 6.05. The molecule has 4 amide bonds. The Bertz CT molecular complexity index is 1390. The second-order valence-electron chi connectivity index (χ2n) is 11.6. The summed E-state index contributed by atoms with van der Waals surface area (Å²) in [5.41, 5.74) is 0.627. The van der Waals surface area contributed by atoms with E-state index in [-0.39, 0.29) is 18.1 Å². The van der Waals surface area contributed by atoms with E-state index in [9.17, 15) is 24.0 Å². The number of unbranched alkanes of at least 4 members (excludes halogenated alkanes) is 2. The number of nitrogens with one attached hydrogen (secondary N) is 3. The van der Waals surface area contributed by atoms with Crippen LogP contribution in [0.1, 0.15) is 53.4 Å². The number of ether oxygens (including phenoxy) is 1. The Labute approximate surface area is 269 Å². The van der Waals surface area contributed by atoms with Crippen molar-refractivity contribution in [1.29, 1.82) is 0 Å². The summed E-state index contributed by atoms with van der Waals surface area (Å²) in [6, 6.07) is 12.6. The predicted molar refractivity (Wildman–Crippen MR) is 175 cm³/mol. The molecule has 45 heavy (non-hydrogen) atoms. The van der Waals surface area contributed by atoms with Crippen molar-refractivity contribution in [2.75, 3.05) is 41.7 Å². The van der Waals surface area contributed by atoms with Crippen molar-refractivity contribution in [2.24, 2.45) is 0 Å². The summed E-state index contributed by atoms with van der Waals surface area (Å²) in [7, 11) is 0. The number of rotatable bonds is 12. The third-order valence-corrected chi connectivity index (χ3v) is 7.13. The number of hydrogen-bond acceptors (Lipinski definition) is 7. The molecule has 1 heterocycles. The molecule has 1 fully saturated rings. The number of allylic oxidation sites excluding steroid dienone is 2. The van der Waals surface area contributed by atoms with E-state index in [1.54, 1.807) is 69.3 Å². The van der Waals surface area contributed by atoms with Crippen molar-refractivity contribution in [3.8, 4) is 0 Å². The first kappa shape index (κ1) is 35.1. The lowest BCUT2D eigenvalue weighted by atomic mass is 10.1. The molecule has 242 valence electrons. The van der Waals surface area contributed by atoms with Crippen molar-refractivity contribution in [3.05, 3.63) is 65.7 Å². The van der Waals surface area contributed by atoms with E-state index in [4.69, 9.17) is 16.3 Å². The number of nitrogens with zero attached hydrogens (tertiary/aromatic N) is 2. The van der Waals surface area contributed by atoms with Crippen LogP contribution in [0, 0.1) is 0 Å². The molecule has 0 aliphatic carbocycles. The number of Topliss-reactive ketones (excluding diaryl/α,β-unsaturated/α-hetero) is 1. The van der Waals surface area contributed by atoms with Crippen LogP contribution in [0.4, 0.5) is 21.9 Å². The van der Waals surface area contributed by atoms with Gasteiger partial charge in [0.1, 0.15) is 11.6 Å². The van der Waals surface area contributed by atoms with E-state index in [0.29, 0.717) is 35.9 Å². The van der Waals surface area contributed by atoms with Gasteiger partial charge < -0.3 is 30.5 Å². The second kappa shape index (κ2) is 16.6. The highest BCUT2D eigenvalue weighted by Crippen LogP contribution is 2.25. The third kappa shape index (κ3) is 11.2. The lowest BCUT2D eigenvalue weighted by Crippen LogP contribution is -2.61. The summed E-state index contributed by atoms with van der Waals surface area (Å²) in [5, 5.41) is 8.40. The molecule has 2 aromatic carbocycles. The van der Waals surface area contributed by atoms with Crippen LogP contribution in [0.3, 0.4) is 0 Å². The number of ketones is 1. The zero-order valence-corrected chi connectivity index (χ0v) is 27.0. The summed E-state index contributed by atoms with van der Waals surface area (Å²) in [5.74, 6) is -2.57. The van der Waals surface area contributed by atoms with Gasteiger partial charge in [-0.1, -0.05) is 35.9 Å². The largest absolute Gasteiger partial charge is 0.444 e. The molecule has 2 aromatic rings. The first-order valence-corrected chi connectivity index (χ1v) is 15.4. The normalized spacial score (nSPS) is 15.0. The van der Waals surface area contributed by atoms with Crippen molar-refractivity contribution in [3.63, 3.8) is 0 Å². The Balaban J connectivity index is 1.62. The number of carbonyl (C=O) groups excluding carboxylic acids is 5. The molecule has 0 bridgehead atoms. The van der Waals surface area contributed by atoms with Crippen molar-refractivity contribution >= 4 is 58.3 Å². The zero-order chi connectivity index (χ0) is 33.0. The summed E-state index contributed by atoms with van der Waals surface area (Å²) < 4.78 is 5.50. The highest BCUT2D eigenvalue weighted by Gasteiger charge is 2.36. The zero-order valence-electron chi connectivity index (χ0n) is 26.2. The van der Waals surface area contributed by atoms with Crippen LogP contribution in [0.5, 0.6) is 0 Å². The Morgan fingerprint density at radius 3 is 2.27 bits per heavy atom. The van der Waals surface area contributed by atoms with E-state index < -0.39 is 41.9 Å². The highest BCUT2D eigenvalue weighted by molar-refractivity contribution is 6.41. The van der Waals surface area contributed by atoms with Gasteiger partial charge in [0.15, 0.2) is 0 Å². The maximum absolute atomic E-state index is 13.4. The van der Waals surface area contributed by atoms with Crippen LogP contribution >= 0.6 is 11.6 Å². The molecule has 1 saturated heterocycles.